The Morgan fingerprint density at radius 1 is 0.926 bits per heavy atom. The zero-order chi connectivity index (χ0) is 18.8. The maximum absolute atomic E-state index is 12.9. The molecule has 0 saturated heterocycles. The number of carbonyl (C=O) groups is 2. The van der Waals surface area contributed by atoms with Crippen LogP contribution in [0.15, 0.2) is 24.3 Å². The van der Waals surface area contributed by atoms with E-state index in [1.807, 2.05) is 29.2 Å². The number of nitrogens with two attached hydrogens (primary N) is 1. The second kappa shape index (κ2) is 8.01. The molecule has 2 amide bonds. The Hall–Kier alpha value is -1.88. The van der Waals surface area contributed by atoms with Gasteiger partial charge < -0.3 is 16.0 Å². The lowest BCUT2D eigenvalue weighted by molar-refractivity contribution is -0.136. The van der Waals surface area contributed by atoms with Gasteiger partial charge in [0.25, 0.3) is 0 Å². The quantitative estimate of drug-likeness (QED) is 0.806. The molecule has 27 heavy (non-hydrogen) atoms. The molecule has 0 spiro atoms. The predicted octanol–water partition coefficient (Wildman–Crippen LogP) is 3.43. The Morgan fingerprint density at radius 2 is 1.63 bits per heavy atom. The molecule has 0 radical (unpaired) electrons. The Bertz CT molecular complexity index is 679. The molecule has 3 saturated carbocycles. The van der Waals surface area contributed by atoms with Crippen LogP contribution in [0.25, 0.3) is 0 Å². The van der Waals surface area contributed by atoms with Gasteiger partial charge in [-0.05, 0) is 56.2 Å². The topological polar surface area (TPSA) is 75.4 Å². The van der Waals surface area contributed by atoms with Crippen molar-refractivity contribution in [3.8, 4) is 0 Å². The van der Waals surface area contributed by atoms with E-state index >= 15 is 0 Å². The Morgan fingerprint density at radius 3 is 2.22 bits per heavy atom. The molecule has 0 aliphatic heterocycles. The second-order valence-corrected chi connectivity index (χ2v) is 8.57. The lowest BCUT2D eigenvalue weighted by Gasteiger charge is -2.38. The van der Waals surface area contributed by atoms with Gasteiger partial charge in [-0.3, -0.25) is 9.59 Å². The van der Waals surface area contributed by atoms with Crippen molar-refractivity contribution in [3.05, 3.63) is 29.8 Å². The van der Waals surface area contributed by atoms with Crippen molar-refractivity contribution in [1.29, 1.82) is 0 Å². The molecule has 4 rings (SSSR count). The van der Waals surface area contributed by atoms with E-state index in [1.165, 1.54) is 6.42 Å². The molecule has 1 aromatic carbocycles. The molecule has 3 aliphatic rings. The average Bonchev–Trinajstić information content (AvgIpc) is 3.45. The molecule has 0 heterocycles. The summed E-state index contributed by atoms with van der Waals surface area (Å²) < 4.78 is 0. The number of nitrogens with zero attached hydrogens (tertiary/aromatic N) is 1. The summed E-state index contributed by atoms with van der Waals surface area (Å²) in [6, 6.07) is 8.20. The first-order chi connectivity index (χ1) is 13.1. The molecule has 0 bridgehead atoms. The van der Waals surface area contributed by atoms with Crippen LogP contribution in [0.1, 0.15) is 63.4 Å². The molecule has 0 aromatic heterocycles. The zero-order valence-corrected chi connectivity index (χ0v) is 16.0. The van der Waals surface area contributed by atoms with Gasteiger partial charge in [-0.25, -0.2) is 0 Å². The summed E-state index contributed by atoms with van der Waals surface area (Å²) in [4.78, 5) is 27.0. The maximum Gasteiger partial charge on any atom is 0.227 e. The Balaban J connectivity index is 1.42. The summed E-state index contributed by atoms with van der Waals surface area (Å²) in [5.74, 6) is 0.803. The first kappa shape index (κ1) is 18.5. The van der Waals surface area contributed by atoms with Gasteiger partial charge in [0.2, 0.25) is 11.8 Å². The molecule has 146 valence electrons. The van der Waals surface area contributed by atoms with Crippen molar-refractivity contribution in [2.75, 3.05) is 5.32 Å². The van der Waals surface area contributed by atoms with Crippen LogP contribution in [0, 0.1) is 11.8 Å². The molecule has 3 fully saturated rings. The van der Waals surface area contributed by atoms with Crippen molar-refractivity contribution < 1.29 is 9.59 Å². The van der Waals surface area contributed by atoms with E-state index < -0.39 is 0 Å². The highest BCUT2D eigenvalue weighted by Gasteiger charge is 2.38. The van der Waals surface area contributed by atoms with Crippen LogP contribution in [-0.2, 0) is 16.1 Å². The summed E-state index contributed by atoms with van der Waals surface area (Å²) in [6.07, 6.45) is 9.53. The summed E-state index contributed by atoms with van der Waals surface area (Å²) in [7, 11) is 0. The van der Waals surface area contributed by atoms with Gasteiger partial charge in [0, 0.05) is 36.2 Å². The number of amides is 2. The molecular weight excluding hydrogens is 338 g/mol. The number of anilines is 1. The lowest BCUT2D eigenvalue weighted by Crippen LogP contribution is -2.52. The normalized spacial score (nSPS) is 25.5. The van der Waals surface area contributed by atoms with Crippen molar-refractivity contribution in [2.45, 2.75) is 76.4 Å². The van der Waals surface area contributed by atoms with Crippen molar-refractivity contribution >= 4 is 17.5 Å². The van der Waals surface area contributed by atoms with Gasteiger partial charge in [-0.15, -0.1) is 0 Å². The van der Waals surface area contributed by atoms with E-state index in [1.54, 1.807) is 0 Å². The number of nitrogens with one attached hydrogen (secondary N) is 1. The molecule has 5 heteroatoms. The van der Waals surface area contributed by atoms with Gasteiger partial charge in [0.05, 0.1) is 0 Å². The fraction of sp³-hybridized carbons (Fsp3) is 0.636. The summed E-state index contributed by atoms with van der Waals surface area (Å²) in [5.41, 5.74) is 8.31. The second-order valence-electron chi connectivity index (χ2n) is 8.57. The minimum Gasteiger partial charge on any atom is -0.334 e. The molecule has 3 aliphatic carbocycles. The third-order valence-corrected chi connectivity index (χ3v) is 6.44. The van der Waals surface area contributed by atoms with Gasteiger partial charge >= 0.3 is 0 Å². The van der Waals surface area contributed by atoms with E-state index in [0.717, 1.165) is 62.6 Å². The summed E-state index contributed by atoms with van der Waals surface area (Å²) in [5, 5.41) is 3.01. The number of rotatable bonds is 6. The van der Waals surface area contributed by atoms with E-state index in [2.05, 4.69) is 5.32 Å². The van der Waals surface area contributed by atoms with Gasteiger partial charge in [0.1, 0.15) is 0 Å². The standard InChI is InChI=1S/C22H31N3O2/c23-19-6-1-2-7-20(19)25(22(27)17-10-11-17)14-15-8-12-18(13-9-15)24-21(26)16-4-3-5-16/h8-9,12-13,16-17,19-20H,1-7,10-11,14,23H2,(H,24,26). The smallest absolute Gasteiger partial charge is 0.227 e. The third kappa shape index (κ3) is 4.34. The van der Waals surface area contributed by atoms with E-state index in [-0.39, 0.29) is 35.7 Å². The molecular formula is C22H31N3O2. The van der Waals surface area contributed by atoms with Crippen LogP contribution in [0.2, 0.25) is 0 Å². The molecule has 2 unspecified atom stereocenters. The number of hydrogen-bond donors (Lipinski definition) is 2. The van der Waals surface area contributed by atoms with Crippen LogP contribution in [0.3, 0.4) is 0 Å². The van der Waals surface area contributed by atoms with Crippen molar-refractivity contribution in [3.63, 3.8) is 0 Å². The molecule has 2 atom stereocenters. The zero-order valence-electron chi connectivity index (χ0n) is 16.0. The summed E-state index contributed by atoms with van der Waals surface area (Å²) >= 11 is 0. The minimum absolute atomic E-state index is 0.0856. The molecule has 1 aromatic rings. The first-order valence-corrected chi connectivity index (χ1v) is 10.6. The monoisotopic (exact) mass is 369 g/mol. The van der Waals surface area contributed by atoms with Gasteiger partial charge in [0.15, 0.2) is 0 Å². The predicted molar refractivity (Wildman–Crippen MR) is 106 cm³/mol. The number of benzene rings is 1. The highest BCUT2D eigenvalue weighted by atomic mass is 16.2. The van der Waals surface area contributed by atoms with Crippen LogP contribution < -0.4 is 11.1 Å². The van der Waals surface area contributed by atoms with Gasteiger partial charge in [-0.2, -0.15) is 0 Å². The fourth-order valence-electron chi connectivity index (χ4n) is 4.26. The van der Waals surface area contributed by atoms with Crippen molar-refractivity contribution in [2.24, 2.45) is 17.6 Å². The largest absolute Gasteiger partial charge is 0.334 e. The minimum atomic E-state index is 0.0856. The van der Waals surface area contributed by atoms with Crippen LogP contribution in [0.4, 0.5) is 5.69 Å². The first-order valence-electron chi connectivity index (χ1n) is 10.6. The van der Waals surface area contributed by atoms with E-state index in [4.69, 9.17) is 5.73 Å². The van der Waals surface area contributed by atoms with Gasteiger partial charge in [-0.1, -0.05) is 31.4 Å². The SMILES string of the molecule is NC1CCCCC1N(Cc1ccc(NC(=O)C2CCC2)cc1)C(=O)C1CC1. The van der Waals surface area contributed by atoms with Crippen LogP contribution in [0.5, 0.6) is 0 Å². The van der Waals surface area contributed by atoms with Crippen LogP contribution >= 0.6 is 0 Å². The summed E-state index contributed by atoms with van der Waals surface area (Å²) in [6.45, 7) is 0.616. The third-order valence-electron chi connectivity index (χ3n) is 6.44. The van der Waals surface area contributed by atoms with Crippen molar-refractivity contribution in [1.82, 2.24) is 4.90 Å². The number of hydrogen-bond acceptors (Lipinski definition) is 3. The molecule has 5 nitrogen and oxygen atoms in total. The Kier molecular flexibility index (Phi) is 5.48. The van der Waals surface area contributed by atoms with Crippen LogP contribution in [-0.4, -0.2) is 28.8 Å². The van der Waals surface area contributed by atoms with E-state index in [9.17, 15) is 9.59 Å². The highest BCUT2D eigenvalue weighted by molar-refractivity contribution is 5.93. The van der Waals surface area contributed by atoms with E-state index in [0.29, 0.717) is 6.54 Å². The maximum atomic E-state index is 12.9. The number of carbonyl (C=O) groups excluding carboxylic acids is 2. The molecule has 3 N–H and O–H groups in total. The lowest BCUT2D eigenvalue weighted by atomic mass is 9.85. The average molecular weight is 370 g/mol. The Labute approximate surface area is 161 Å². The highest BCUT2D eigenvalue weighted by Crippen LogP contribution is 2.34. The fourth-order valence-corrected chi connectivity index (χ4v) is 4.26.